The van der Waals surface area contributed by atoms with E-state index >= 15 is 0 Å². The van der Waals surface area contributed by atoms with Crippen molar-refractivity contribution in [3.8, 4) is 11.8 Å². The number of fused-ring (bicyclic) bond motifs is 5. The van der Waals surface area contributed by atoms with Gasteiger partial charge in [-0.1, -0.05) is 0 Å². The monoisotopic (exact) mass is 525 g/mol. The van der Waals surface area contributed by atoms with Crippen molar-refractivity contribution in [2.45, 2.75) is 32.5 Å². The summed E-state index contributed by atoms with van der Waals surface area (Å²) in [5.74, 6) is 0.571. The highest BCUT2D eigenvalue weighted by Gasteiger charge is 2.25. The summed E-state index contributed by atoms with van der Waals surface area (Å²) in [4.78, 5) is 33.4. The average Bonchev–Trinajstić information content (AvgIpc) is 3.17. The number of ether oxygens (including phenoxy) is 2. The minimum absolute atomic E-state index is 0.0303. The predicted octanol–water partition coefficient (Wildman–Crippen LogP) is 3.84. The van der Waals surface area contributed by atoms with E-state index in [0.717, 1.165) is 34.4 Å². The fraction of sp³-hybridized carbons (Fsp3) is 0.375. The van der Waals surface area contributed by atoms with Crippen LogP contribution in [-0.4, -0.2) is 69.1 Å². The molecule has 5 heterocycles. The Morgan fingerprint density at radius 3 is 3.00 bits per heavy atom. The van der Waals surface area contributed by atoms with Gasteiger partial charge in [0, 0.05) is 54.1 Å². The van der Waals surface area contributed by atoms with Gasteiger partial charge in [0.1, 0.15) is 4.88 Å². The number of hydrogen-bond acceptors (Lipinski definition) is 10. The largest absolute Gasteiger partial charge is 0.418 e. The van der Waals surface area contributed by atoms with Crippen LogP contribution in [0.1, 0.15) is 29.1 Å². The van der Waals surface area contributed by atoms with E-state index in [-0.39, 0.29) is 23.3 Å². The second-order valence-corrected chi connectivity index (χ2v) is 10.5. The molecule has 3 aromatic heterocycles. The summed E-state index contributed by atoms with van der Waals surface area (Å²) in [5.41, 5.74) is 2.97. The van der Waals surface area contributed by atoms with E-state index in [1.54, 1.807) is 12.4 Å². The number of anilines is 1. The van der Waals surface area contributed by atoms with E-state index < -0.39 is 0 Å². The Morgan fingerprint density at radius 2 is 2.14 bits per heavy atom. The van der Waals surface area contributed by atoms with Gasteiger partial charge in [-0.25, -0.2) is 15.0 Å². The number of thiophene rings is 1. The summed E-state index contributed by atoms with van der Waals surface area (Å²) in [6.07, 6.45) is 3.42. The van der Waals surface area contributed by atoms with E-state index in [1.807, 2.05) is 19.1 Å². The van der Waals surface area contributed by atoms with Gasteiger partial charge in [0.2, 0.25) is 17.0 Å². The molecule has 2 N–H and O–H groups in total. The third-order valence-corrected chi connectivity index (χ3v) is 7.56. The van der Waals surface area contributed by atoms with Crippen LogP contribution in [0.3, 0.4) is 0 Å². The topological polar surface area (TPSA) is 114 Å². The lowest BCUT2D eigenvalue weighted by Gasteiger charge is -2.31. The molecule has 6 rings (SSSR count). The number of aromatic nitrogens is 4. The van der Waals surface area contributed by atoms with Crippen LogP contribution in [0.5, 0.6) is 11.8 Å². The van der Waals surface area contributed by atoms with Crippen molar-refractivity contribution in [1.29, 1.82) is 0 Å². The van der Waals surface area contributed by atoms with Gasteiger partial charge in [-0.2, -0.15) is 4.98 Å². The fourth-order valence-corrected chi connectivity index (χ4v) is 5.78. The van der Waals surface area contributed by atoms with Crippen LogP contribution in [0.25, 0.3) is 21.1 Å². The lowest BCUT2D eigenvalue weighted by molar-refractivity contribution is -0.0214. The van der Waals surface area contributed by atoms with Crippen molar-refractivity contribution in [2.75, 3.05) is 31.6 Å². The quantitative estimate of drug-likeness (QED) is 0.383. The minimum Gasteiger partial charge on any atom is -0.418 e. The van der Waals surface area contributed by atoms with Crippen molar-refractivity contribution in [3.63, 3.8) is 0 Å². The fourth-order valence-electron chi connectivity index (χ4n) is 4.57. The van der Waals surface area contributed by atoms with Crippen molar-refractivity contribution in [1.82, 2.24) is 30.2 Å². The van der Waals surface area contributed by atoms with Gasteiger partial charge in [0.25, 0.3) is 5.91 Å². The molecule has 1 amide bonds. The molecule has 10 nitrogen and oxygen atoms in total. The SMILES string of the molecule is C[C@@H]1CNc2c(sc3ccc4nc(Oc5nc(Cl)ncc5CN5CCO[C@@H](C)C5)cnc4c23)C(=O)N1. The maximum Gasteiger partial charge on any atom is 0.263 e. The Labute approximate surface area is 216 Å². The van der Waals surface area contributed by atoms with E-state index in [4.69, 9.17) is 26.1 Å². The molecule has 0 unspecified atom stereocenters. The summed E-state index contributed by atoms with van der Waals surface area (Å²) in [5, 5.41) is 7.41. The van der Waals surface area contributed by atoms with E-state index in [0.29, 0.717) is 47.4 Å². The van der Waals surface area contributed by atoms with Crippen molar-refractivity contribution in [2.24, 2.45) is 0 Å². The summed E-state index contributed by atoms with van der Waals surface area (Å²) in [7, 11) is 0. The molecule has 2 aliphatic rings. The molecule has 0 radical (unpaired) electrons. The Hall–Kier alpha value is -3.12. The maximum absolute atomic E-state index is 12.7. The summed E-state index contributed by atoms with van der Waals surface area (Å²) >= 11 is 7.54. The zero-order chi connectivity index (χ0) is 24.8. The summed E-state index contributed by atoms with van der Waals surface area (Å²) in [6.45, 7) is 7.57. The molecule has 1 aromatic carbocycles. The number of rotatable bonds is 4. The van der Waals surface area contributed by atoms with Gasteiger partial charge < -0.3 is 20.1 Å². The molecule has 2 atom stereocenters. The molecule has 0 bridgehead atoms. The first kappa shape index (κ1) is 23.3. The third-order valence-electron chi connectivity index (χ3n) is 6.23. The second-order valence-electron chi connectivity index (χ2n) is 9.06. The highest BCUT2D eigenvalue weighted by atomic mass is 35.5. The van der Waals surface area contributed by atoms with Gasteiger partial charge in [-0.3, -0.25) is 9.69 Å². The number of morpholine rings is 1. The second kappa shape index (κ2) is 9.40. The van der Waals surface area contributed by atoms with Crippen molar-refractivity contribution < 1.29 is 14.3 Å². The number of halogens is 1. The molecule has 2 aliphatic heterocycles. The van der Waals surface area contributed by atoms with Gasteiger partial charge >= 0.3 is 0 Å². The Bertz CT molecular complexity index is 1480. The van der Waals surface area contributed by atoms with Gasteiger partial charge in [-0.15, -0.1) is 11.3 Å². The van der Waals surface area contributed by atoms with Gasteiger partial charge in [0.15, 0.2) is 0 Å². The molecule has 1 fully saturated rings. The molecule has 186 valence electrons. The Balaban J connectivity index is 1.34. The molecule has 0 saturated carbocycles. The van der Waals surface area contributed by atoms with Crippen LogP contribution in [0.4, 0.5) is 5.69 Å². The zero-order valence-corrected chi connectivity index (χ0v) is 21.3. The number of amides is 1. The number of carbonyl (C=O) groups is 1. The van der Waals surface area contributed by atoms with Crippen LogP contribution < -0.4 is 15.4 Å². The van der Waals surface area contributed by atoms with Crippen molar-refractivity contribution in [3.05, 3.63) is 40.3 Å². The molecular weight excluding hydrogens is 502 g/mol. The standard InChI is InChI=1S/C24H24ClN7O3S/c1-12-7-26-20-18-16(36-21(20)22(33)29-12)4-3-15-19(18)27-9-17(30-15)35-23-14(8-28-24(25)31-23)11-32-5-6-34-13(2)10-32/h3-4,8-9,12-13,26H,5-7,10-11H2,1-2H3,(H,29,33)/t12-,13+/m1/s1. The predicted molar refractivity (Wildman–Crippen MR) is 138 cm³/mol. The van der Waals surface area contributed by atoms with E-state index in [2.05, 4.69) is 37.4 Å². The molecular formula is C24H24ClN7O3S. The van der Waals surface area contributed by atoms with E-state index in [1.165, 1.54) is 11.3 Å². The number of benzene rings is 1. The zero-order valence-electron chi connectivity index (χ0n) is 19.7. The molecule has 4 aromatic rings. The highest BCUT2D eigenvalue weighted by molar-refractivity contribution is 7.21. The molecule has 0 spiro atoms. The number of carbonyl (C=O) groups excluding carboxylic acids is 1. The Kier molecular flexibility index (Phi) is 6.08. The molecule has 1 saturated heterocycles. The molecule has 12 heteroatoms. The van der Waals surface area contributed by atoms with Gasteiger partial charge in [-0.05, 0) is 37.6 Å². The lowest BCUT2D eigenvalue weighted by atomic mass is 10.1. The number of nitrogens with one attached hydrogen (secondary N) is 2. The minimum atomic E-state index is -0.0763. The summed E-state index contributed by atoms with van der Waals surface area (Å²) in [6, 6.07) is 3.87. The first-order valence-corrected chi connectivity index (χ1v) is 12.9. The smallest absolute Gasteiger partial charge is 0.263 e. The number of nitrogens with zero attached hydrogens (tertiary/aromatic N) is 5. The maximum atomic E-state index is 12.7. The average molecular weight is 526 g/mol. The molecule has 0 aliphatic carbocycles. The van der Waals surface area contributed by atoms with Crippen molar-refractivity contribution >= 4 is 55.7 Å². The Morgan fingerprint density at radius 1 is 1.25 bits per heavy atom. The first-order valence-electron chi connectivity index (χ1n) is 11.7. The van der Waals surface area contributed by atoms with Crippen LogP contribution >= 0.6 is 22.9 Å². The lowest BCUT2D eigenvalue weighted by Crippen LogP contribution is -2.40. The van der Waals surface area contributed by atoms with Crippen LogP contribution in [0, 0.1) is 0 Å². The first-order chi connectivity index (χ1) is 17.4. The van der Waals surface area contributed by atoms with Crippen LogP contribution in [-0.2, 0) is 11.3 Å². The van der Waals surface area contributed by atoms with E-state index in [9.17, 15) is 4.79 Å². The third kappa shape index (κ3) is 4.43. The summed E-state index contributed by atoms with van der Waals surface area (Å²) < 4.78 is 12.7. The van der Waals surface area contributed by atoms with Crippen LogP contribution in [0.2, 0.25) is 5.28 Å². The normalized spacial score (nSPS) is 20.6. The van der Waals surface area contributed by atoms with Gasteiger partial charge in [0.05, 0.1) is 35.6 Å². The molecule has 36 heavy (non-hydrogen) atoms. The number of hydrogen-bond donors (Lipinski definition) is 2. The van der Waals surface area contributed by atoms with Crippen LogP contribution in [0.15, 0.2) is 24.5 Å². The highest BCUT2D eigenvalue weighted by Crippen LogP contribution is 2.40.